The van der Waals surface area contributed by atoms with Crippen LogP contribution in [0.25, 0.3) is 22.6 Å². The Hall–Kier alpha value is -4.10. The lowest BCUT2D eigenvalue weighted by atomic mass is 9.99. The number of aryl methyl sites for hydroxylation is 1. The van der Waals surface area contributed by atoms with Crippen molar-refractivity contribution in [3.8, 4) is 29.2 Å². The van der Waals surface area contributed by atoms with Gasteiger partial charge in [0.25, 0.3) is 0 Å². The van der Waals surface area contributed by atoms with E-state index in [-0.39, 0.29) is 24.5 Å². The summed E-state index contributed by atoms with van der Waals surface area (Å²) in [6, 6.07) is 10.2. The maximum absolute atomic E-state index is 15.5. The predicted molar refractivity (Wildman–Crippen MR) is 143 cm³/mol. The van der Waals surface area contributed by atoms with Gasteiger partial charge in [0.05, 0.1) is 24.9 Å². The molecule has 6 rings (SSSR count). The predicted octanol–water partition coefficient (Wildman–Crippen LogP) is 4.66. The Kier molecular flexibility index (Phi) is 6.61. The molecular weight excluding hydrogens is 497 g/mol. The van der Waals surface area contributed by atoms with Crippen LogP contribution in [0, 0.1) is 24.1 Å². The molecule has 39 heavy (non-hydrogen) atoms. The van der Waals surface area contributed by atoms with Gasteiger partial charge in [-0.3, -0.25) is 9.88 Å². The van der Waals surface area contributed by atoms with Crippen molar-refractivity contribution in [2.45, 2.75) is 64.3 Å². The fourth-order valence-corrected chi connectivity index (χ4v) is 6.13. The van der Waals surface area contributed by atoms with Crippen molar-refractivity contribution >= 4 is 11.2 Å². The van der Waals surface area contributed by atoms with Gasteiger partial charge < -0.3 is 14.0 Å². The fourth-order valence-electron chi connectivity index (χ4n) is 6.13. The number of ether oxygens (including phenoxy) is 2. The van der Waals surface area contributed by atoms with Crippen LogP contribution in [0.1, 0.15) is 49.4 Å². The Balaban J connectivity index is 1.32. The first-order chi connectivity index (χ1) is 19.0. The number of piperidine rings is 1. The van der Waals surface area contributed by atoms with Gasteiger partial charge in [-0.1, -0.05) is 13.0 Å². The molecular formula is C29H30FN7O2. The van der Waals surface area contributed by atoms with Gasteiger partial charge in [0.2, 0.25) is 0 Å². The average molecular weight is 528 g/mol. The molecule has 2 fully saturated rings. The highest BCUT2D eigenvalue weighted by Gasteiger charge is 2.40. The topological polar surface area (TPSA) is 102 Å². The Bertz CT molecular complexity index is 1570. The maximum Gasteiger partial charge on any atom is 0.318 e. The van der Waals surface area contributed by atoms with Gasteiger partial charge in [0.1, 0.15) is 35.1 Å². The molecule has 0 N–H and O–H groups in total. The molecule has 0 aliphatic carbocycles. The Morgan fingerprint density at radius 1 is 1.10 bits per heavy atom. The third kappa shape index (κ3) is 4.68. The number of halogens is 1. The fraction of sp³-hybridized carbons (Fsp3) is 0.414. The number of hydrogen-bond donors (Lipinski definition) is 0. The van der Waals surface area contributed by atoms with Gasteiger partial charge in [-0.05, 0) is 51.3 Å². The zero-order chi connectivity index (χ0) is 27.1. The van der Waals surface area contributed by atoms with E-state index in [4.69, 9.17) is 14.5 Å². The number of pyridine rings is 1. The molecule has 2 aliphatic rings. The Morgan fingerprint density at radius 2 is 1.90 bits per heavy atom. The van der Waals surface area contributed by atoms with Gasteiger partial charge in [-0.2, -0.15) is 15.2 Å². The molecule has 4 aromatic rings. The lowest BCUT2D eigenvalue weighted by Gasteiger charge is -2.38. The van der Waals surface area contributed by atoms with E-state index in [1.165, 1.54) is 32.2 Å². The van der Waals surface area contributed by atoms with Crippen molar-refractivity contribution in [2.24, 2.45) is 0 Å². The summed E-state index contributed by atoms with van der Waals surface area (Å²) < 4.78 is 28.9. The minimum atomic E-state index is -0.365. The highest BCUT2D eigenvalue weighted by Crippen LogP contribution is 2.37. The van der Waals surface area contributed by atoms with Crippen LogP contribution in [0.4, 0.5) is 4.39 Å². The zero-order valence-electron chi connectivity index (χ0n) is 22.3. The first-order valence-corrected chi connectivity index (χ1v) is 13.3. The van der Waals surface area contributed by atoms with Crippen molar-refractivity contribution in [2.75, 3.05) is 13.7 Å². The molecule has 1 aromatic carbocycles. The SMILES string of the molecule is CCN1[C@@H]2CC[C@H]1C[C@@H](Oc1ccc(Cn3c(-c4cncc(C#N)c4)nc4c(C)nc(OC)nc43)c(F)c1)C2. The molecule has 0 unspecified atom stereocenters. The van der Waals surface area contributed by atoms with Gasteiger partial charge in [0, 0.05) is 41.7 Å². The van der Waals surface area contributed by atoms with E-state index in [0.717, 1.165) is 19.4 Å². The summed E-state index contributed by atoms with van der Waals surface area (Å²) in [6.45, 7) is 5.27. The molecule has 5 heterocycles. The number of methoxy groups -OCH3 is 1. The molecule has 0 radical (unpaired) electrons. The van der Waals surface area contributed by atoms with Crippen LogP contribution in [-0.4, -0.2) is 61.2 Å². The van der Waals surface area contributed by atoms with Crippen molar-refractivity contribution in [1.29, 1.82) is 5.26 Å². The Labute approximate surface area is 226 Å². The van der Waals surface area contributed by atoms with E-state index in [0.29, 0.717) is 57.2 Å². The van der Waals surface area contributed by atoms with Crippen LogP contribution in [0.15, 0.2) is 36.7 Å². The molecule has 200 valence electrons. The van der Waals surface area contributed by atoms with Crippen LogP contribution in [0.2, 0.25) is 0 Å². The van der Waals surface area contributed by atoms with Crippen LogP contribution >= 0.6 is 0 Å². The number of nitriles is 1. The van der Waals surface area contributed by atoms with E-state index in [9.17, 15) is 5.26 Å². The molecule has 0 amide bonds. The first-order valence-electron chi connectivity index (χ1n) is 13.3. The number of nitrogens with zero attached hydrogens (tertiary/aromatic N) is 7. The minimum absolute atomic E-state index is 0.104. The molecule has 2 saturated heterocycles. The van der Waals surface area contributed by atoms with Gasteiger partial charge in [-0.15, -0.1) is 0 Å². The van der Waals surface area contributed by atoms with Crippen molar-refractivity contribution in [3.05, 3.63) is 59.3 Å². The number of imidazole rings is 1. The molecule has 10 heteroatoms. The normalized spacial score (nSPS) is 20.7. The lowest BCUT2D eigenvalue weighted by molar-refractivity contribution is 0.0528. The molecule has 3 atom stereocenters. The van der Waals surface area contributed by atoms with E-state index >= 15 is 4.39 Å². The standard InChI is InChI=1S/C29H30FN7O2/c1-4-36-21-6-7-22(36)11-24(10-21)39-23-8-5-19(25(30)12-23)16-37-27(20-9-18(13-31)14-32-15-20)34-26-17(2)33-29(38-3)35-28(26)37/h5,8-9,12,14-15,21-22,24H,4,6-7,10-11,16H2,1-3H3/t21-,22+,24+. The van der Waals surface area contributed by atoms with Crippen LogP contribution in [0.3, 0.4) is 0 Å². The summed E-state index contributed by atoms with van der Waals surface area (Å²) in [5.74, 6) is 0.695. The van der Waals surface area contributed by atoms with Gasteiger partial charge in [0.15, 0.2) is 5.65 Å². The van der Waals surface area contributed by atoms with Crippen LogP contribution in [-0.2, 0) is 6.54 Å². The molecule has 0 saturated carbocycles. The highest BCUT2D eigenvalue weighted by molar-refractivity contribution is 5.79. The third-order valence-corrected chi connectivity index (χ3v) is 7.92. The Morgan fingerprint density at radius 3 is 2.59 bits per heavy atom. The maximum atomic E-state index is 15.5. The van der Waals surface area contributed by atoms with E-state index in [1.54, 1.807) is 18.3 Å². The summed E-state index contributed by atoms with van der Waals surface area (Å²) in [6.07, 6.45) is 7.61. The number of rotatable bonds is 7. The molecule has 9 nitrogen and oxygen atoms in total. The summed E-state index contributed by atoms with van der Waals surface area (Å²) in [7, 11) is 1.50. The summed E-state index contributed by atoms with van der Waals surface area (Å²) >= 11 is 0. The molecule has 2 bridgehead atoms. The van der Waals surface area contributed by atoms with Gasteiger partial charge in [-0.25, -0.2) is 9.37 Å². The molecule has 3 aromatic heterocycles. The lowest BCUT2D eigenvalue weighted by Crippen LogP contribution is -2.46. The van der Waals surface area contributed by atoms with Crippen molar-refractivity contribution in [1.82, 2.24) is 29.4 Å². The van der Waals surface area contributed by atoms with E-state index < -0.39 is 0 Å². The quantitative estimate of drug-likeness (QED) is 0.342. The largest absolute Gasteiger partial charge is 0.490 e. The van der Waals surface area contributed by atoms with Gasteiger partial charge >= 0.3 is 6.01 Å². The first kappa shape index (κ1) is 25.2. The monoisotopic (exact) mass is 527 g/mol. The summed E-state index contributed by atoms with van der Waals surface area (Å²) in [5, 5.41) is 9.38. The number of fused-ring (bicyclic) bond motifs is 3. The highest BCUT2D eigenvalue weighted by atomic mass is 19.1. The smallest absolute Gasteiger partial charge is 0.318 e. The van der Waals surface area contributed by atoms with E-state index in [1.807, 2.05) is 17.6 Å². The summed E-state index contributed by atoms with van der Waals surface area (Å²) in [5.41, 5.74) is 3.20. The second-order valence-electron chi connectivity index (χ2n) is 10.2. The van der Waals surface area contributed by atoms with Crippen LogP contribution < -0.4 is 9.47 Å². The average Bonchev–Trinajstić information content (AvgIpc) is 3.43. The zero-order valence-corrected chi connectivity index (χ0v) is 22.3. The number of benzene rings is 1. The number of hydrogen-bond acceptors (Lipinski definition) is 8. The van der Waals surface area contributed by atoms with Crippen molar-refractivity contribution in [3.63, 3.8) is 0 Å². The molecule has 0 spiro atoms. The second kappa shape index (κ2) is 10.2. The summed E-state index contributed by atoms with van der Waals surface area (Å²) in [4.78, 5) is 20.4. The van der Waals surface area contributed by atoms with E-state index in [2.05, 4.69) is 32.8 Å². The third-order valence-electron chi connectivity index (χ3n) is 7.92. The molecule has 2 aliphatic heterocycles. The second-order valence-corrected chi connectivity index (χ2v) is 10.2. The number of aromatic nitrogens is 5. The van der Waals surface area contributed by atoms with Crippen LogP contribution in [0.5, 0.6) is 11.8 Å². The van der Waals surface area contributed by atoms with Crippen molar-refractivity contribution < 1.29 is 13.9 Å². The minimum Gasteiger partial charge on any atom is -0.490 e.